The molecule has 0 heterocycles. The Morgan fingerprint density at radius 3 is 2.00 bits per heavy atom. The molecule has 0 radical (unpaired) electrons. The molecule has 0 aliphatic carbocycles. The largest absolute Gasteiger partial charge is 0.312 e. The Labute approximate surface area is 97.5 Å². The quantitative estimate of drug-likeness (QED) is 0.798. The molecule has 0 aliphatic rings. The summed E-state index contributed by atoms with van der Waals surface area (Å²) in [5.41, 5.74) is 7.87. The summed E-state index contributed by atoms with van der Waals surface area (Å²) in [5.74, 6) is 0. The predicted octanol–water partition coefficient (Wildman–Crippen LogP) is 2.93. The van der Waals surface area contributed by atoms with E-state index in [0.29, 0.717) is 0 Å². The average Bonchev–Trinajstić information content (AvgIpc) is 2.15. The van der Waals surface area contributed by atoms with Crippen LogP contribution in [0.25, 0.3) is 0 Å². The van der Waals surface area contributed by atoms with Crippen LogP contribution in [0.3, 0.4) is 0 Å². The highest BCUT2D eigenvalue weighted by Crippen LogP contribution is 2.23. The van der Waals surface area contributed by atoms with Crippen LogP contribution in [0.4, 0.5) is 0 Å². The molecule has 0 saturated carbocycles. The number of hydrogen-bond acceptors (Lipinski definition) is 2. The van der Waals surface area contributed by atoms with Gasteiger partial charge in [0, 0.05) is 0 Å². The fourth-order valence-corrected chi connectivity index (χ4v) is 1.26. The van der Waals surface area contributed by atoms with Crippen LogP contribution >= 0.6 is 12.4 Å². The lowest BCUT2D eigenvalue weighted by atomic mass is 9.86. The average molecular weight is 225 g/mol. The van der Waals surface area contributed by atoms with Gasteiger partial charge in [0.05, 0.1) is 6.07 Å². The van der Waals surface area contributed by atoms with Crippen molar-refractivity contribution in [3.8, 4) is 6.07 Å². The van der Waals surface area contributed by atoms with Gasteiger partial charge in [-0.3, -0.25) is 0 Å². The van der Waals surface area contributed by atoms with Gasteiger partial charge in [-0.05, 0) is 16.5 Å². The van der Waals surface area contributed by atoms with Gasteiger partial charge in [0.1, 0.15) is 6.04 Å². The minimum atomic E-state index is -0.510. The molecule has 1 unspecified atom stereocenters. The second-order valence-corrected chi connectivity index (χ2v) is 4.48. The lowest BCUT2D eigenvalue weighted by Crippen LogP contribution is -2.12. The maximum absolute atomic E-state index is 8.64. The van der Waals surface area contributed by atoms with Gasteiger partial charge in [-0.2, -0.15) is 5.26 Å². The Balaban J connectivity index is 0.00000196. The van der Waals surface area contributed by atoms with Crippen LogP contribution in [0.1, 0.15) is 37.9 Å². The van der Waals surface area contributed by atoms with E-state index in [-0.39, 0.29) is 17.8 Å². The molecular formula is C12H17ClN2. The van der Waals surface area contributed by atoms with Crippen LogP contribution in [0, 0.1) is 11.3 Å². The topological polar surface area (TPSA) is 49.8 Å². The van der Waals surface area contributed by atoms with Crippen LogP contribution in [0.15, 0.2) is 24.3 Å². The van der Waals surface area contributed by atoms with Gasteiger partial charge >= 0.3 is 0 Å². The molecule has 1 aromatic carbocycles. The van der Waals surface area contributed by atoms with Crippen molar-refractivity contribution in [1.82, 2.24) is 0 Å². The van der Waals surface area contributed by atoms with E-state index in [1.807, 2.05) is 30.3 Å². The molecule has 2 N–H and O–H groups in total. The first-order valence-corrected chi connectivity index (χ1v) is 4.71. The predicted molar refractivity (Wildman–Crippen MR) is 64.9 cm³/mol. The van der Waals surface area contributed by atoms with Gasteiger partial charge in [-0.15, -0.1) is 12.4 Å². The molecule has 1 aromatic rings. The lowest BCUT2D eigenvalue weighted by molar-refractivity contribution is 0.590. The summed E-state index contributed by atoms with van der Waals surface area (Å²) < 4.78 is 0. The van der Waals surface area contributed by atoms with E-state index in [4.69, 9.17) is 11.0 Å². The monoisotopic (exact) mass is 224 g/mol. The van der Waals surface area contributed by atoms with E-state index in [1.54, 1.807) is 0 Å². The van der Waals surface area contributed by atoms with Gasteiger partial charge in [0.2, 0.25) is 0 Å². The number of halogens is 1. The Morgan fingerprint density at radius 2 is 1.67 bits per heavy atom. The fraction of sp³-hybridized carbons (Fsp3) is 0.417. The zero-order valence-electron chi connectivity index (χ0n) is 9.32. The summed E-state index contributed by atoms with van der Waals surface area (Å²) in [7, 11) is 0. The van der Waals surface area contributed by atoms with Crippen molar-refractivity contribution in [2.75, 3.05) is 0 Å². The third-order valence-corrected chi connectivity index (χ3v) is 2.27. The normalized spacial score (nSPS) is 12.5. The third-order valence-electron chi connectivity index (χ3n) is 2.27. The highest BCUT2D eigenvalue weighted by atomic mass is 35.5. The molecule has 15 heavy (non-hydrogen) atoms. The molecule has 0 saturated heterocycles. The van der Waals surface area contributed by atoms with Crippen molar-refractivity contribution in [2.24, 2.45) is 5.73 Å². The van der Waals surface area contributed by atoms with Crippen molar-refractivity contribution in [2.45, 2.75) is 32.2 Å². The molecule has 0 amide bonds. The SMILES string of the molecule is CC(C)(C)c1ccc(C(N)C#N)cc1.Cl. The lowest BCUT2D eigenvalue weighted by Gasteiger charge is -2.19. The zero-order valence-corrected chi connectivity index (χ0v) is 10.1. The molecular weight excluding hydrogens is 208 g/mol. The summed E-state index contributed by atoms with van der Waals surface area (Å²) in [6, 6.07) is 9.43. The molecule has 0 spiro atoms. The number of nitrogens with zero attached hydrogens (tertiary/aromatic N) is 1. The van der Waals surface area contributed by atoms with Gasteiger partial charge in [-0.25, -0.2) is 0 Å². The molecule has 1 rings (SSSR count). The first-order chi connectivity index (χ1) is 6.45. The second kappa shape index (κ2) is 5.16. The molecule has 0 aliphatic heterocycles. The molecule has 0 aromatic heterocycles. The third kappa shape index (κ3) is 3.54. The number of benzene rings is 1. The van der Waals surface area contributed by atoms with E-state index in [0.717, 1.165) is 5.56 Å². The van der Waals surface area contributed by atoms with Crippen LogP contribution in [0.5, 0.6) is 0 Å². The number of hydrogen-bond donors (Lipinski definition) is 1. The number of nitrogens with two attached hydrogens (primary N) is 1. The molecule has 0 bridgehead atoms. The first kappa shape index (κ1) is 14.0. The molecule has 82 valence electrons. The van der Waals surface area contributed by atoms with Crippen molar-refractivity contribution < 1.29 is 0 Å². The minimum Gasteiger partial charge on any atom is -0.312 e. The van der Waals surface area contributed by atoms with Crippen molar-refractivity contribution >= 4 is 12.4 Å². The smallest absolute Gasteiger partial charge is 0.118 e. The summed E-state index contributed by atoms with van der Waals surface area (Å²) in [4.78, 5) is 0. The van der Waals surface area contributed by atoms with Crippen LogP contribution in [-0.4, -0.2) is 0 Å². The van der Waals surface area contributed by atoms with E-state index < -0.39 is 6.04 Å². The molecule has 3 heteroatoms. The standard InChI is InChI=1S/C12H16N2.ClH/c1-12(2,3)10-6-4-9(5-7-10)11(14)8-13;/h4-7,11H,14H2,1-3H3;1H. The van der Waals surface area contributed by atoms with E-state index in [2.05, 4.69) is 20.8 Å². The van der Waals surface area contributed by atoms with E-state index >= 15 is 0 Å². The fourth-order valence-electron chi connectivity index (χ4n) is 1.26. The van der Waals surface area contributed by atoms with Crippen LogP contribution in [-0.2, 0) is 5.41 Å². The number of rotatable bonds is 1. The second-order valence-electron chi connectivity index (χ2n) is 4.48. The number of nitriles is 1. The summed E-state index contributed by atoms with van der Waals surface area (Å²) in [5, 5.41) is 8.64. The molecule has 0 fully saturated rings. The van der Waals surface area contributed by atoms with Gasteiger partial charge in [0.25, 0.3) is 0 Å². The summed E-state index contributed by atoms with van der Waals surface area (Å²) >= 11 is 0. The maximum atomic E-state index is 8.64. The minimum absolute atomic E-state index is 0. The Morgan fingerprint density at radius 1 is 1.20 bits per heavy atom. The zero-order chi connectivity index (χ0) is 10.8. The highest BCUT2D eigenvalue weighted by molar-refractivity contribution is 5.85. The Kier molecular flexibility index (Phi) is 4.80. The van der Waals surface area contributed by atoms with Crippen molar-refractivity contribution in [1.29, 1.82) is 5.26 Å². The first-order valence-electron chi connectivity index (χ1n) is 4.71. The summed E-state index contributed by atoms with van der Waals surface area (Å²) in [6.07, 6.45) is 0. The molecule has 2 nitrogen and oxygen atoms in total. The highest BCUT2D eigenvalue weighted by Gasteiger charge is 2.13. The summed E-state index contributed by atoms with van der Waals surface area (Å²) in [6.45, 7) is 6.48. The Hall–Kier alpha value is -1.04. The van der Waals surface area contributed by atoms with Crippen molar-refractivity contribution in [3.05, 3.63) is 35.4 Å². The molecule has 1 atom stereocenters. The Bertz CT molecular complexity index is 343. The van der Waals surface area contributed by atoms with Crippen LogP contribution in [0.2, 0.25) is 0 Å². The van der Waals surface area contributed by atoms with Gasteiger partial charge in [-0.1, -0.05) is 45.0 Å². The van der Waals surface area contributed by atoms with E-state index in [9.17, 15) is 0 Å². The van der Waals surface area contributed by atoms with Gasteiger partial charge in [0.15, 0.2) is 0 Å². The van der Waals surface area contributed by atoms with E-state index in [1.165, 1.54) is 5.56 Å². The van der Waals surface area contributed by atoms with Gasteiger partial charge < -0.3 is 5.73 Å². The van der Waals surface area contributed by atoms with Crippen LogP contribution < -0.4 is 5.73 Å². The van der Waals surface area contributed by atoms with Crippen molar-refractivity contribution in [3.63, 3.8) is 0 Å². The maximum Gasteiger partial charge on any atom is 0.118 e.